The number of carbonyl (C=O) groups excluding carboxylic acids is 2. The Hall–Kier alpha value is -3.03. The van der Waals surface area contributed by atoms with Gasteiger partial charge in [0.05, 0.1) is 20.3 Å². The number of aromatic nitrogens is 2. The number of aryl methyl sites for hydroxylation is 1. The summed E-state index contributed by atoms with van der Waals surface area (Å²) >= 11 is 0. The number of benzene rings is 1. The first-order chi connectivity index (χ1) is 14.1. The van der Waals surface area contributed by atoms with Gasteiger partial charge in [-0.05, 0) is 38.0 Å². The summed E-state index contributed by atoms with van der Waals surface area (Å²) in [5.41, 5.74) is 2.93. The molecule has 0 saturated heterocycles. The Labute approximate surface area is 170 Å². The normalized spacial score (nSPS) is 13.0. The van der Waals surface area contributed by atoms with Gasteiger partial charge in [0.15, 0.2) is 17.2 Å². The highest BCUT2D eigenvalue weighted by Gasteiger charge is 2.28. The summed E-state index contributed by atoms with van der Waals surface area (Å²) in [6, 6.07) is 5.72. The van der Waals surface area contributed by atoms with Crippen molar-refractivity contribution in [2.24, 2.45) is 0 Å². The maximum atomic E-state index is 12.8. The van der Waals surface area contributed by atoms with Gasteiger partial charge in [0, 0.05) is 37.2 Å². The Kier molecular flexibility index (Phi) is 6.74. The standard InChI is InChI=1S/C21H27N3O5/c1-4-28-17-8-6-14(12-18(17)27-3)7-9-19(25)24-11-10-16-15(13-24)20(23-22-16)21(26)29-5-2/h6,8,12H,4-5,7,9-11,13H2,1-3H3,(H,22,23). The molecule has 1 aliphatic rings. The van der Waals surface area contributed by atoms with Crippen LogP contribution in [0.2, 0.25) is 0 Å². The SMILES string of the molecule is CCOC(=O)c1n[nH]c2c1CN(C(=O)CCc1ccc(OCC)c(OC)c1)CC2. The van der Waals surface area contributed by atoms with Crippen molar-refractivity contribution in [1.29, 1.82) is 0 Å². The largest absolute Gasteiger partial charge is 0.493 e. The van der Waals surface area contributed by atoms with Crippen LogP contribution in [0, 0.1) is 0 Å². The minimum absolute atomic E-state index is 0.0412. The third-order valence-corrected chi connectivity index (χ3v) is 4.91. The number of hydrogen-bond donors (Lipinski definition) is 1. The predicted octanol–water partition coefficient (Wildman–Crippen LogP) is 2.51. The Morgan fingerprint density at radius 2 is 2.03 bits per heavy atom. The number of nitrogens with one attached hydrogen (secondary N) is 1. The number of carbonyl (C=O) groups is 2. The van der Waals surface area contributed by atoms with Gasteiger partial charge in [-0.15, -0.1) is 0 Å². The van der Waals surface area contributed by atoms with E-state index in [9.17, 15) is 9.59 Å². The van der Waals surface area contributed by atoms with E-state index in [1.807, 2.05) is 25.1 Å². The molecule has 2 aromatic rings. The summed E-state index contributed by atoms with van der Waals surface area (Å²) in [4.78, 5) is 26.6. The fourth-order valence-corrected chi connectivity index (χ4v) is 3.43. The topological polar surface area (TPSA) is 93.8 Å². The number of hydrogen-bond acceptors (Lipinski definition) is 6. The molecule has 8 heteroatoms. The molecule has 2 heterocycles. The van der Waals surface area contributed by atoms with Crippen molar-refractivity contribution in [3.8, 4) is 11.5 Å². The fraction of sp³-hybridized carbons (Fsp3) is 0.476. The highest BCUT2D eigenvalue weighted by Crippen LogP contribution is 2.29. The summed E-state index contributed by atoms with van der Waals surface area (Å²) in [5, 5.41) is 6.98. The number of amides is 1. The van der Waals surface area contributed by atoms with Crippen LogP contribution in [0.3, 0.4) is 0 Å². The first-order valence-corrected chi connectivity index (χ1v) is 9.88. The highest BCUT2D eigenvalue weighted by molar-refractivity contribution is 5.89. The molecule has 1 amide bonds. The van der Waals surface area contributed by atoms with E-state index in [1.165, 1.54) is 0 Å². The number of methoxy groups -OCH3 is 1. The second-order valence-corrected chi connectivity index (χ2v) is 6.73. The van der Waals surface area contributed by atoms with E-state index in [0.29, 0.717) is 50.5 Å². The maximum Gasteiger partial charge on any atom is 0.359 e. The lowest BCUT2D eigenvalue weighted by Gasteiger charge is -2.27. The Morgan fingerprint density at radius 1 is 1.21 bits per heavy atom. The van der Waals surface area contributed by atoms with Crippen molar-refractivity contribution in [2.75, 3.05) is 26.9 Å². The van der Waals surface area contributed by atoms with Crippen molar-refractivity contribution in [3.05, 3.63) is 40.7 Å². The summed E-state index contributed by atoms with van der Waals surface area (Å²) in [5.74, 6) is 0.942. The lowest BCUT2D eigenvalue weighted by atomic mass is 10.0. The van der Waals surface area contributed by atoms with E-state index in [4.69, 9.17) is 14.2 Å². The van der Waals surface area contributed by atoms with Gasteiger partial charge in [0.2, 0.25) is 5.91 Å². The number of rotatable bonds is 8. The van der Waals surface area contributed by atoms with E-state index in [0.717, 1.165) is 16.8 Å². The van der Waals surface area contributed by atoms with Gasteiger partial charge in [-0.1, -0.05) is 6.07 Å². The third-order valence-electron chi connectivity index (χ3n) is 4.91. The van der Waals surface area contributed by atoms with Crippen LogP contribution in [0.1, 0.15) is 47.6 Å². The molecular weight excluding hydrogens is 374 g/mol. The lowest BCUT2D eigenvalue weighted by molar-refractivity contribution is -0.132. The van der Waals surface area contributed by atoms with Crippen molar-refractivity contribution in [3.63, 3.8) is 0 Å². The average molecular weight is 401 g/mol. The van der Waals surface area contributed by atoms with E-state index in [2.05, 4.69) is 10.2 Å². The molecule has 0 atom stereocenters. The van der Waals surface area contributed by atoms with Crippen LogP contribution in [-0.4, -0.2) is 53.8 Å². The number of H-pyrrole nitrogens is 1. The minimum atomic E-state index is -0.458. The molecule has 156 valence electrons. The number of esters is 1. The molecule has 1 aromatic heterocycles. The number of fused-ring (bicyclic) bond motifs is 1. The van der Waals surface area contributed by atoms with Gasteiger partial charge in [-0.2, -0.15) is 5.10 Å². The number of nitrogens with zero attached hydrogens (tertiary/aromatic N) is 2. The fourth-order valence-electron chi connectivity index (χ4n) is 3.43. The lowest BCUT2D eigenvalue weighted by Crippen LogP contribution is -2.36. The van der Waals surface area contributed by atoms with Crippen LogP contribution in [0.5, 0.6) is 11.5 Å². The van der Waals surface area contributed by atoms with E-state index in [-0.39, 0.29) is 18.2 Å². The molecule has 1 aliphatic heterocycles. The van der Waals surface area contributed by atoms with E-state index >= 15 is 0 Å². The Balaban J connectivity index is 1.63. The van der Waals surface area contributed by atoms with Crippen molar-refractivity contribution < 1.29 is 23.8 Å². The zero-order chi connectivity index (χ0) is 20.8. The molecular formula is C21H27N3O5. The van der Waals surface area contributed by atoms with Crippen LogP contribution in [0.25, 0.3) is 0 Å². The van der Waals surface area contributed by atoms with Crippen molar-refractivity contribution >= 4 is 11.9 Å². The predicted molar refractivity (Wildman–Crippen MR) is 106 cm³/mol. The molecule has 0 spiro atoms. The van der Waals surface area contributed by atoms with Crippen LogP contribution < -0.4 is 9.47 Å². The quantitative estimate of drug-likeness (QED) is 0.683. The monoisotopic (exact) mass is 401 g/mol. The van der Waals surface area contributed by atoms with Gasteiger partial charge in [-0.25, -0.2) is 4.79 Å². The van der Waals surface area contributed by atoms with Gasteiger partial charge in [-0.3, -0.25) is 9.89 Å². The van der Waals surface area contributed by atoms with Crippen molar-refractivity contribution in [1.82, 2.24) is 15.1 Å². The zero-order valence-electron chi connectivity index (χ0n) is 17.1. The third kappa shape index (κ3) is 4.70. The second-order valence-electron chi connectivity index (χ2n) is 6.73. The average Bonchev–Trinajstić information content (AvgIpc) is 3.16. The minimum Gasteiger partial charge on any atom is -0.493 e. The maximum absolute atomic E-state index is 12.8. The first kappa shape index (κ1) is 20.7. The summed E-state index contributed by atoms with van der Waals surface area (Å²) < 4.78 is 16.0. The summed E-state index contributed by atoms with van der Waals surface area (Å²) in [6.45, 7) is 5.49. The molecule has 1 aromatic carbocycles. The van der Waals surface area contributed by atoms with Gasteiger partial charge in [0.1, 0.15) is 0 Å². The van der Waals surface area contributed by atoms with Gasteiger partial charge in [0.25, 0.3) is 0 Å². The van der Waals surface area contributed by atoms with Crippen LogP contribution >= 0.6 is 0 Å². The molecule has 0 unspecified atom stereocenters. The van der Waals surface area contributed by atoms with Crippen LogP contribution in [-0.2, 0) is 28.9 Å². The Morgan fingerprint density at radius 3 is 2.76 bits per heavy atom. The molecule has 0 saturated carbocycles. The van der Waals surface area contributed by atoms with E-state index in [1.54, 1.807) is 18.9 Å². The summed E-state index contributed by atoms with van der Waals surface area (Å²) in [6.07, 6.45) is 1.62. The molecule has 29 heavy (non-hydrogen) atoms. The van der Waals surface area contributed by atoms with Crippen LogP contribution in [0.15, 0.2) is 18.2 Å². The first-order valence-electron chi connectivity index (χ1n) is 9.88. The number of aromatic amines is 1. The van der Waals surface area contributed by atoms with E-state index < -0.39 is 5.97 Å². The Bertz CT molecular complexity index is 877. The molecule has 0 radical (unpaired) electrons. The molecule has 3 rings (SSSR count). The smallest absolute Gasteiger partial charge is 0.359 e. The number of ether oxygens (including phenoxy) is 3. The van der Waals surface area contributed by atoms with Gasteiger partial charge < -0.3 is 19.1 Å². The molecule has 0 bridgehead atoms. The van der Waals surface area contributed by atoms with Gasteiger partial charge >= 0.3 is 5.97 Å². The molecule has 8 nitrogen and oxygen atoms in total. The molecule has 0 aliphatic carbocycles. The van der Waals surface area contributed by atoms with Crippen molar-refractivity contribution in [2.45, 2.75) is 39.7 Å². The second kappa shape index (κ2) is 9.45. The summed E-state index contributed by atoms with van der Waals surface area (Å²) in [7, 11) is 1.60. The molecule has 0 fully saturated rings. The van der Waals surface area contributed by atoms with Crippen LogP contribution in [0.4, 0.5) is 0 Å². The zero-order valence-corrected chi connectivity index (χ0v) is 17.1. The highest BCUT2D eigenvalue weighted by atomic mass is 16.5. The molecule has 1 N–H and O–H groups in total.